The van der Waals surface area contributed by atoms with Crippen molar-refractivity contribution in [1.29, 1.82) is 0 Å². The van der Waals surface area contributed by atoms with Crippen LogP contribution in [-0.4, -0.2) is 56.6 Å². The molecule has 1 aliphatic heterocycles. The zero-order valence-electron chi connectivity index (χ0n) is 13.6. The van der Waals surface area contributed by atoms with Crippen LogP contribution in [0.15, 0.2) is 0 Å². The van der Waals surface area contributed by atoms with Crippen LogP contribution in [0.2, 0.25) is 5.54 Å². The molecule has 0 radical (unpaired) electrons. The first-order valence-corrected chi connectivity index (χ1v) is 9.19. The zero-order chi connectivity index (χ0) is 15.1. The monoisotopic (exact) mass is 306 g/mol. The third-order valence-electron chi connectivity index (χ3n) is 4.12. The first kappa shape index (κ1) is 18.1. The molecule has 0 amide bonds. The van der Waals surface area contributed by atoms with Crippen LogP contribution in [0.25, 0.3) is 0 Å². The van der Waals surface area contributed by atoms with Crippen molar-refractivity contribution in [2.45, 2.75) is 38.7 Å². The second-order valence-corrected chi connectivity index (χ2v) is 8.80. The summed E-state index contributed by atoms with van der Waals surface area (Å²) in [6.45, 7) is 7.45. The zero-order valence-corrected chi connectivity index (χ0v) is 14.6. The first-order valence-electron chi connectivity index (χ1n) is 7.39. The molecule has 0 bridgehead atoms. The van der Waals surface area contributed by atoms with Crippen LogP contribution < -0.4 is 0 Å². The van der Waals surface area contributed by atoms with Crippen molar-refractivity contribution in [2.75, 3.05) is 47.8 Å². The van der Waals surface area contributed by atoms with Crippen LogP contribution in [0.4, 0.5) is 0 Å². The molecule has 0 aromatic heterocycles. The van der Waals surface area contributed by atoms with E-state index in [1.807, 2.05) is 0 Å². The average molecular weight is 306 g/mol. The molecule has 0 spiro atoms. The molecule has 1 aliphatic rings. The van der Waals surface area contributed by atoms with E-state index in [4.69, 9.17) is 22.8 Å². The maximum absolute atomic E-state index is 5.70. The van der Waals surface area contributed by atoms with Crippen LogP contribution in [-0.2, 0) is 22.8 Å². The van der Waals surface area contributed by atoms with Crippen molar-refractivity contribution in [3.63, 3.8) is 0 Å². The van der Waals surface area contributed by atoms with E-state index >= 15 is 0 Å². The Hall–Kier alpha value is 0.0169. The molecule has 0 saturated carbocycles. The molecule has 120 valence electrons. The summed E-state index contributed by atoms with van der Waals surface area (Å²) in [5.41, 5.74) is 0.327. The van der Waals surface area contributed by atoms with Gasteiger partial charge >= 0.3 is 8.80 Å². The lowest BCUT2D eigenvalue weighted by atomic mass is 9.82. The topological polar surface area (TPSA) is 46.2 Å². The van der Waals surface area contributed by atoms with E-state index in [9.17, 15) is 0 Å². The third kappa shape index (κ3) is 4.02. The number of rotatable bonds is 11. The predicted octanol–water partition coefficient (Wildman–Crippen LogP) is 2.48. The summed E-state index contributed by atoms with van der Waals surface area (Å²) in [4.78, 5) is 0. The Morgan fingerprint density at radius 2 is 1.70 bits per heavy atom. The summed E-state index contributed by atoms with van der Waals surface area (Å²) in [6, 6.07) is 0. The molecule has 1 fully saturated rings. The third-order valence-corrected chi connectivity index (χ3v) is 7.66. The van der Waals surface area contributed by atoms with Crippen LogP contribution in [0.5, 0.6) is 0 Å². The fourth-order valence-corrected chi connectivity index (χ4v) is 5.82. The van der Waals surface area contributed by atoms with Crippen molar-refractivity contribution in [2.24, 2.45) is 5.41 Å². The molecule has 6 heteroatoms. The van der Waals surface area contributed by atoms with Crippen molar-refractivity contribution in [3.05, 3.63) is 0 Å². The number of ether oxygens (including phenoxy) is 2. The highest BCUT2D eigenvalue weighted by Gasteiger charge is 2.57. The lowest BCUT2D eigenvalue weighted by Gasteiger charge is -2.48. The highest BCUT2D eigenvalue weighted by Crippen LogP contribution is 2.48. The quantitative estimate of drug-likeness (QED) is 0.433. The molecule has 0 aromatic rings. The van der Waals surface area contributed by atoms with E-state index in [1.54, 1.807) is 21.3 Å². The normalized spacial score (nSPS) is 19.6. The maximum Gasteiger partial charge on any atom is 0.504 e. The summed E-state index contributed by atoms with van der Waals surface area (Å²) in [6.07, 6.45) is 3.03. The first-order chi connectivity index (χ1) is 9.58. The molecular formula is C14H30O5Si. The van der Waals surface area contributed by atoms with Gasteiger partial charge in [-0.25, -0.2) is 0 Å². The second-order valence-electron chi connectivity index (χ2n) is 5.67. The molecule has 0 aliphatic carbocycles. The SMILES string of the molecule is CCCOCCCC(C1(C)COC1)[Si](OC)(OC)OC. The molecule has 0 aromatic carbocycles. The summed E-state index contributed by atoms with van der Waals surface area (Å²) in [5.74, 6) is 0. The van der Waals surface area contributed by atoms with Crippen LogP contribution >= 0.6 is 0 Å². The Bertz CT molecular complexity index is 258. The van der Waals surface area contributed by atoms with Gasteiger partial charge in [-0.3, -0.25) is 0 Å². The average Bonchev–Trinajstić information content (AvgIpc) is 2.44. The van der Waals surface area contributed by atoms with Crippen molar-refractivity contribution in [1.82, 2.24) is 0 Å². The molecule has 5 nitrogen and oxygen atoms in total. The fourth-order valence-electron chi connectivity index (χ4n) is 2.89. The Balaban J connectivity index is 2.65. The summed E-state index contributed by atoms with van der Waals surface area (Å²) in [5, 5.41) is 0. The van der Waals surface area contributed by atoms with E-state index in [0.717, 1.165) is 45.7 Å². The molecular weight excluding hydrogens is 276 g/mol. The molecule has 20 heavy (non-hydrogen) atoms. The summed E-state index contributed by atoms with van der Waals surface area (Å²) >= 11 is 0. The minimum atomic E-state index is -2.66. The minimum absolute atomic E-state index is 0.0823. The van der Waals surface area contributed by atoms with Gasteiger partial charge in [-0.2, -0.15) is 0 Å². The fraction of sp³-hybridized carbons (Fsp3) is 1.00. The highest BCUT2D eigenvalue weighted by molar-refractivity contribution is 6.62. The Labute approximate surface area is 124 Å². The molecule has 0 N–H and O–H groups in total. The molecule has 1 rings (SSSR count). The van der Waals surface area contributed by atoms with Gasteiger partial charge < -0.3 is 22.8 Å². The van der Waals surface area contributed by atoms with E-state index in [-0.39, 0.29) is 11.0 Å². The number of hydrogen-bond acceptors (Lipinski definition) is 5. The largest absolute Gasteiger partial charge is 0.504 e. The molecule has 1 unspecified atom stereocenters. The smallest absolute Gasteiger partial charge is 0.381 e. The summed E-state index contributed by atoms with van der Waals surface area (Å²) < 4.78 is 28.1. The van der Waals surface area contributed by atoms with Crippen molar-refractivity contribution >= 4 is 8.80 Å². The lowest BCUT2D eigenvalue weighted by molar-refractivity contribution is -0.118. The van der Waals surface area contributed by atoms with Crippen molar-refractivity contribution < 1.29 is 22.8 Å². The van der Waals surface area contributed by atoms with Crippen LogP contribution in [0.3, 0.4) is 0 Å². The number of hydrogen-bond donors (Lipinski definition) is 0. The summed E-state index contributed by atoms with van der Waals surface area (Å²) in [7, 11) is 2.39. The van der Waals surface area contributed by atoms with Gasteiger partial charge in [0.15, 0.2) is 0 Å². The Kier molecular flexibility index (Phi) is 7.64. The Morgan fingerprint density at radius 1 is 1.10 bits per heavy atom. The van der Waals surface area contributed by atoms with Crippen molar-refractivity contribution in [3.8, 4) is 0 Å². The van der Waals surface area contributed by atoms with Crippen LogP contribution in [0, 0.1) is 5.41 Å². The molecule has 1 saturated heterocycles. The van der Waals surface area contributed by atoms with Gasteiger partial charge in [0.25, 0.3) is 0 Å². The van der Waals surface area contributed by atoms with Gasteiger partial charge in [-0.05, 0) is 19.3 Å². The molecule has 1 atom stereocenters. The van der Waals surface area contributed by atoms with E-state index in [2.05, 4.69) is 13.8 Å². The van der Waals surface area contributed by atoms with Gasteiger partial charge in [-0.1, -0.05) is 13.8 Å². The maximum atomic E-state index is 5.70. The molecule has 1 heterocycles. The predicted molar refractivity (Wildman–Crippen MR) is 79.8 cm³/mol. The van der Waals surface area contributed by atoms with E-state index in [1.165, 1.54) is 0 Å². The van der Waals surface area contributed by atoms with Gasteiger partial charge in [-0.15, -0.1) is 0 Å². The van der Waals surface area contributed by atoms with E-state index in [0.29, 0.717) is 0 Å². The van der Waals surface area contributed by atoms with Gasteiger partial charge in [0.1, 0.15) is 0 Å². The van der Waals surface area contributed by atoms with Gasteiger partial charge in [0, 0.05) is 45.5 Å². The minimum Gasteiger partial charge on any atom is -0.381 e. The highest BCUT2D eigenvalue weighted by atomic mass is 28.4. The lowest BCUT2D eigenvalue weighted by Crippen LogP contribution is -2.58. The Morgan fingerprint density at radius 3 is 2.10 bits per heavy atom. The van der Waals surface area contributed by atoms with Crippen LogP contribution in [0.1, 0.15) is 33.1 Å². The van der Waals surface area contributed by atoms with Gasteiger partial charge in [0.05, 0.1) is 13.2 Å². The standard InChI is InChI=1S/C14H30O5Si/c1-6-9-18-10-7-8-13(14(2)11-19-12-14)20(15-3,16-4)17-5/h13H,6-12H2,1-5H3. The van der Waals surface area contributed by atoms with E-state index < -0.39 is 8.80 Å². The van der Waals surface area contributed by atoms with Gasteiger partial charge in [0.2, 0.25) is 0 Å². The second kappa shape index (κ2) is 8.46.